The van der Waals surface area contributed by atoms with E-state index in [1.165, 1.54) is 13.2 Å². The van der Waals surface area contributed by atoms with Crippen LogP contribution in [-0.2, 0) is 21.4 Å². The van der Waals surface area contributed by atoms with Crippen LogP contribution < -0.4 is 14.4 Å². The average Bonchev–Trinajstić information content (AvgIpc) is 2.64. The molecule has 0 aliphatic rings. The maximum atomic E-state index is 12.9. The number of carbonyl (C=O) groups excluding carboxylic acids is 1. The minimum absolute atomic E-state index is 0.232. The highest BCUT2D eigenvalue weighted by molar-refractivity contribution is 7.92. The zero-order chi connectivity index (χ0) is 20.9. The van der Waals surface area contributed by atoms with Crippen molar-refractivity contribution in [2.24, 2.45) is 0 Å². The van der Waals surface area contributed by atoms with Crippen LogP contribution in [0.3, 0.4) is 0 Å². The zero-order valence-electron chi connectivity index (χ0n) is 16.4. The summed E-state index contributed by atoms with van der Waals surface area (Å²) < 4.78 is 31.6. The van der Waals surface area contributed by atoms with Crippen LogP contribution in [0.25, 0.3) is 0 Å². The second-order valence-electron chi connectivity index (χ2n) is 6.44. The summed E-state index contributed by atoms with van der Waals surface area (Å²) in [5.74, 6) is -0.0711. The molecule has 0 saturated heterocycles. The van der Waals surface area contributed by atoms with Crippen LogP contribution in [0.2, 0.25) is 5.02 Å². The molecule has 1 amide bonds. The Morgan fingerprint density at radius 3 is 2.50 bits per heavy atom. The van der Waals surface area contributed by atoms with Crippen molar-refractivity contribution in [2.45, 2.75) is 32.9 Å². The van der Waals surface area contributed by atoms with E-state index in [9.17, 15) is 13.2 Å². The zero-order valence-corrected chi connectivity index (χ0v) is 18.0. The minimum atomic E-state index is -3.78. The van der Waals surface area contributed by atoms with E-state index in [0.717, 1.165) is 21.7 Å². The first kappa shape index (κ1) is 22.0. The second-order valence-corrected chi connectivity index (χ2v) is 8.74. The first-order chi connectivity index (χ1) is 13.2. The molecule has 0 aliphatic carbocycles. The number of methoxy groups -OCH3 is 1. The Morgan fingerprint density at radius 2 is 1.93 bits per heavy atom. The fourth-order valence-corrected chi connectivity index (χ4v) is 4.35. The van der Waals surface area contributed by atoms with E-state index in [-0.39, 0.29) is 12.1 Å². The van der Waals surface area contributed by atoms with Crippen molar-refractivity contribution in [3.8, 4) is 5.75 Å². The molecule has 0 unspecified atom stereocenters. The molecule has 28 heavy (non-hydrogen) atoms. The van der Waals surface area contributed by atoms with Gasteiger partial charge in [-0.2, -0.15) is 0 Å². The maximum absolute atomic E-state index is 12.9. The number of anilines is 1. The van der Waals surface area contributed by atoms with E-state index in [1.54, 1.807) is 19.1 Å². The van der Waals surface area contributed by atoms with Gasteiger partial charge in [0, 0.05) is 11.6 Å². The molecule has 2 aromatic rings. The molecule has 6 nitrogen and oxygen atoms in total. The van der Waals surface area contributed by atoms with Gasteiger partial charge < -0.3 is 10.1 Å². The molecule has 0 saturated carbocycles. The van der Waals surface area contributed by atoms with Crippen LogP contribution in [0.1, 0.15) is 24.5 Å². The first-order valence-electron chi connectivity index (χ1n) is 8.84. The Kier molecular flexibility index (Phi) is 7.32. The van der Waals surface area contributed by atoms with Gasteiger partial charge in [0.1, 0.15) is 11.8 Å². The molecule has 0 fully saturated rings. The number of ether oxygens (including phenoxy) is 1. The number of amides is 1. The fraction of sp³-hybridized carbons (Fsp3) is 0.350. The smallest absolute Gasteiger partial charge is 0.244 e. The van der Waals surface area contributed by atoms with Gasteiger partial charge in [-0.25, -0.2) is 8.42 Å². The van der Waals surface area contributed by atoms with E-state index in [4.69, 9.17) is 16.3 Å². The van der Waals surface area contributed by atoms with Gasteiger partial charge in [-0.3, -0.25) is 9.10 Å². The summed E-state index contributed by atoms with van der Waals surface area (Å²) >= 11 is 6.08. The third-order valence-electron chi connectivity index (χ3n) is 4.42. The molecule has 0 radical (unpaired) electrons. The van der Waals surface area contributed by atoms with Crippen LogP contribution in [0.15, 0.2) is 42.5 Å². The van der Waals surface area contributed by atoms with E-state index >= 15 is 0 Å². The normalized spacial score (nSPS) is 12.3. The van der Waals surface area contributed by atoms with Gasteiger partial charge >= 0.3 is 0 Å². The highest BCUT2D eigenvalue weighted by Crippen LogP contribution is 2.34. The van der Waals surface area contributed by atoms with Crippen LogP contribution >= 0.6 is 11.6 Å². The van der Waals surface area contributed by atoms with Gasteiger partial charge in [0.15, 0.2) is 0 Å². The van der Waals surface area contributed by atoms with Gasteiger partial charge in [-0.1, -0.05) is 42.8 Å². The number of nitrogens with one attached hydrogen (secondary N) is 1. The summed E-state index contributed by atoms with van der Waals surface area (Å²) in [5.41, 5.74) is 2.25. The molecule has 2 aromatic carbocycles. The monoisotopic (exact) mass is 424 g/mol. The lowest BCUT2D eigenvalue weighted by Crippen LogP contribution is -2.49. The predicted octanol–water partition coefficient (Wildman–Crippen LogP) is 3.52. The van der Waals surface area contributed by atoms with Crippen LogP contribution in [0.4, 0.5) is 5.69 Å². The number of halogens is 1. The van der Waals surface area contributed by atoms with E-state index in [0.29, 0.717) is 17.3 Å². The molecular weight excluding hydrogens is 400 g/mol. The topological polar surface area (TPSA) is 75.7 Å². The second kappa shape index (κ2) is 9.30. The highest BCUT2D eigenvalue weighted by atomic mass is 35.5. The van der Waals surface area contributed by atoms with Crippen LogP contribution in [0, 0.1) is 6.92 Å². The van der Waals surface area contributed by atoms with Crippen LogP contribution in [0.5, 0.6) is 5.75 Å². The van der Waals surface area contributed by atoms with Crippen molar-refractivity contribution in [3.05, 3.63) is 58.6 Å². The summed E-state index contributed by atoms with van der Waals surface area (Å²) in [6.07, 6.45) is 1.34. The molecule has 0 heterocycles. The summed E-state index contributed by atoms with van der Waals surface area (Å²) in [4.78, 5) is 12.9. The molecule has 2 rings (SSSR count). The third kappa shape index (κ3) is 5.17. The summed E-state index contributed by atoms with van der Waals surface area (Å²) in [6, 6.07) is 11.4. The van der Waals surface area contributed by atoms with E-state index in [1.807, 2.05) is 31.2 Å². The average molecular weight is 425 g/mol. The lowest BCUT2D eigenvalue weighted by atomic mass is 10.1. The predicted molar refractivity (Wildman–Crippen MR) is 112 cm³/mol. The van der Waals surface area contributed by atoms with Crippen molar-refractivity contribution in [1.29, 1.82) is 0 Å². The number of rotatable bonds is 8. The van der Waals surface area contributed by atoms with Gasteiger partial charge in [-0.05, 0) is 42.7 Å². The molecule has 0 aromatic heterocycles. The minimum Gasteiger partial charge on any atom is -0.495 e. The molecule has 0 aliphatic heterocycles. The Labute approximate surface area is 171 Å². The number of hydrogen-bond acceptors (Lipinski definition) is 4. The SMILES string of the molecule is CC[C@H](C(=O)NCc1ccccc1C)N(c1cc(Cl)ccc1OC)S(C)(=O)=O. The Balaban J connectivity index is 2.37. The third-order valence-corrected chi connectivity index (χ3v) is 5.82. The number of aryl methyl sites for hydroxylation is 1. The van der Waals surface area contributed by atoms with Gasteiger partial charge in [0.2, 0.25) is 15.9 Å². The Bertz CT molecular complexity index is 947. The lowest BCUT2D eigenvalue weighted by molar-refractivity contribution is -0.122. The van der Waals surface area contributed by atoms with Crippen molar-refractivity contribution < 1.29 is 17.9 Å². The Hall–Kier alpha value is -2.25. The number of benzene rings is 2. The summed E-state index contributed by atoms with van der Waals surface area (Å²) in [6.45, 7) is 4.03. The molecule has 1 N–H and O–H groups in total. The van der Waals surface area contributed by atoms with Gasteiger partial charge in [0.25, 0.3) is 0 Å². The van der Waals surface area contributed by atoms with Crippen LogP contribution in [-0.4, -0.2) is 33.7 Å². The van der Waals surface area contributed by atoms with E-state index < -0.39 is 22.0 Å². The molecule has 0 spiro atoms. The standard InChI is InChI=1S/C20H25ClN2O4S/c1-5-17(20(24)22-13-15-9-7-6-8-14(15)2)23(28(4,25)26)18-12-16(21)10-11-19(18)27-3/h6-12,17H,5,13H2,1-4H3,(H,22,24)/t17-/m1/s1. The molecule has 0 bridgehead atoms. The molecular formula is C20H25ClN2O4S. The number of sulfonamides is 1. The first-order valence-corrected chi connectivity index (χ1v) is 11.1. The molecule has 1 atom stereocenters. The van der Waals surface area contributed by atoms with Gasteiger partial charge in [-0.15, -0.1) is 0 Å². The summed E-state index contributed by atoms with van der Waals surface area (Å²) in [5, 5.41) is 3.19. The van der Waals surface area contributed by atoms with Crippen molar-refractivity contribution in [1.82, 2.24) is 5.32 Å². The fourth-order valence-electron chi connectivity index (χ4n) is 2.98. The Morgan fingerprint density at radius 1 is 1.25 bits per heavy atom. The van der Waals surface area contributed by atoms with Gasteiger partial charge in [0.05, 0.1) is 19.1 Å². The molecule has 8 heteroatoms. The quantitative estimate of drug-likeness (QED) is 0.703. The maximum Gasteiger partial charge on any atom is 0.244 e. The van der Waals surface area contributed by atoms with Crippen molar-refractivity contribution in [2.75, 3.05) is 17.7 Å². The molecule has 152 valence electrons. The number of nitrogens with zero attached hydrogens (tertiary/aromatic N) is 1. The van der Waals surface area contributed by atoms with E-state index in [2.05, 4.69) is 5.32 Å². The lowest BCUT2D eigenvalue weighted by Gasteiger charge is -2.31. The number of carbonyl (C=O) groups is 1. The van der Waals surface area contributed by atoms with Crippen molar-refractivity contribution in [3.63, 3.8) is 0 Å². The summed E-state index contributed by atoms with van der Waals surface area (Å²) in [7, 11) is -2.34. The number of hydrogen-bond donors (Lipinski definition) is 1. The highest BCUT2D eigenvalue weighted by Gasteiger charge is 2.33. The largest absolute Gasteiger partial charge is 0.495 e. The van der Waals surface area contributed by atoms with Crippen molar-refractivity contribution >= 4 is 33.2 Å².